The molecule has 12 heteroatoms. The van der Waals surface area contributed by atoms with Crippen LogP contribution in [0.1, 0.15) is 93.1 Å². The second kappa shape index (κ2) is 15.1. The number of fused-ring (bicyclic) bond motifs is 6. The summed E-state index contributed by atoms with van der Waals surface area (Å²) in [6.45, 7) is 10.8. The highest BCUT2D eigenvalue weighted by molar-refractivity contribution is 5.95. The van der Waals surface area contributed by atoms with Crippen molar-refractivity contribution in [2.75, 3.05) is 0 Å². The molecule has 1 aliphatic heterocycles. The van der Waals surface area contributed by atoms with Gasteiger partial charge in [-0.25, -0.2) is 9.59 Å². The number of aliphatic hydroxyl groups excluding tert-OH is 3. The van der Waals surface area contributed by atoms with E-state index in [1.807, 2.05) is 6.92 Å². The molecule has 3 fully saturated rings. The summed E-state index contributed by atoms with van der Waals surface area (Å²) < 4.78 is 26.0. The van der Waals surface area contributed by atoms with E-state index in [9.17, 15) is 34.8 Å². The molecule has 3 aromatic rings. The molecule has 7 rings (SSSR count). The van der Waals surface area contributed by atoms with Gasteiger partial charge in [0.05, 0.1) is 29.9 Å². The average Bonchev–Trinajstić information content (AvgIpc) is 3.52. The molecule has 0 spiro atoms. The molecule has 11 atom stereocenters. The highest BCUT2D eigenvalue weighted by atomic mass is 16.8. The molecule has 1 heterocycles. The molecule has 3 aliphatic carbocycles. The number of rotatable bonds is 8. The van der Waals surface area contributed by atoms with Gasteiger partial charge in [0.2, 0.25) is 0 Å². The smallest absolute Gasteiger partial charge is 0.338 e. The molecular formula is C45H53NO11. The molecule has 5 N–H and O–H groups in total. The van der Waals surface area contributed by atoms with Crippen LogP contribution in [-0.2, 0) is 23.7 Å². The fourth-order valence-electron chi connectivity index (χ4n) is 9.90. The number of aliphatic hydroxyl groups is 4. The molecule has 57 heavy (non-hydrogen) atoms. The van der Waals surface area contributed by atoms with Crippen LogP contribution in [0.4, 0.5) is 0 Å². The second-order valence-corrected chi connectivity index (χ2v) is 17.2. The standard InChI is InChI=1S/C45H53NO11/c1-25-30(54-41(52)35(49)33(26-16-10-7-11-17-26)46-39(50)27-18-12-8-13-19-27)24-45(53)37(55-40(51)28-20-14-9-15-21-28)32-34(48)29(47)22-23-44(32,6)38-36(31(25)42(45,2)3)56-43(4,5)57-38/h7-21,29-30,32-38,47-49,53H,22-24H2,1-6H3,(H,46,50)/t29-,30-,32-,33-,34+,35+,36+,37-,38-,44+,45+/m0/s1. The Hall–Kier alpha value is -4.43. The summed E-state index contributed by atoms with van der Waals surface area (Å²) >= 11 is 0. The van der Waals surface area contributed by atoms with Gasteiger partial charge in [-0.05, 0) is 74.6 Å². The van der Waals surface area contributed by atoms with Crippen molar-refractivity contribution in [3.05, 3.63) is 119 Å². The maximum absolute atomic E-state index is 14.2. The van der Waals surface area contributed by atoms with Crippen molar-refractivity contribution in [3.63, 3.8) is 0 Å². The van der Waals surface area contributed by atoms with E-state index in [-0.39, 0.29) is 18.4 Å². The fraction of sp³-hybridized carbons (Fsp3) is 0.489. The number of ether oxygens (including phenoxy) is 4. The van der Waals surface area contributed by atoms with Crippen LogP contribution in [0.5, 0.6) is 0 Å². The van der Waals surface area contributed by atoms with Crippen molar-refractivity contribution in [2.45, 2.75) is 121 Å². The lowest BCUT2D eigenvalue weighted by atomic mass is 9.48. The Morgan fingerprint density at radius 1 is 0.825 bits per heavy atom. The number of nitrogens with one attached hydrogen (secondary N) is 1. The highest BCUT2D eigenvalue weighted by Gasteiger charge is 2.71. The van der Waals surface area contributed by atoms with Crippen LogP contribution >= 0.6 is 0 Å². The first-order valence-electron chi connectivity index (χ1n) is 19.6. The number of carbonyl (C=O) groups excluding carboxylic acids is 3. The molecule has 0 unspecified atom stereocenters. The Morgan fingerprint density at radius 2 is 1.40 bits per heavy atom. The van der Waals surface area contributed by atoms with Crippen LogP contribution in [0.3, 0.4) is 0 Å². The van der Waals surface area contributed by atoms with Crippen molar-refractivity contribution in [2.24, 2.45) is 16.7 Å². The second-order valence-electron chi connectivity index (χ2n) is 17.2. The molecule has 2 saturated carbocycles. The van der Waals surface area contributed by atoms with Gasteiger partial charge < -0.3 is 44.7 Å². The predicted octanol–water partition coefficient (Wildman–Crippen LogP) is 4.81. The van der Waals surface area contributed by atoms with Crippen LogP contribution in [0, 0.1) is 16.7 Å². The van der Waals surface area contributed by atoms with Crippen molar-refractivity contribution in [1.82, 2.24) is 5.32 Å². The zero-order valence-electron chi connectivity index (χ0n) is 33.1. The van der Waals surface area contributed by atoms with Crippen molar-refractivity contribution in [3.8, 4) is 0 Å². The van der Waals surface area contributed by atoms with E-state index < -0.39 is 94.8 Å². The summed E-state index contributed by atoms with van der Waals surface area (Å²) in [7, 11) is 0. The van der Waals surface area contributed by atoms with E-state index in [0.29, 0.717) is 28.7 Å². The lowest BCUT2D eigenvalue weighted by Crippen LogP contribution is -2.72. The zero-order valence-corrected chi connectivity index (χ0v) is 33.1. The Labute approximate surface area is 332 Å². The predicted molar refractivity (Wildman–Crippen MR) is 207 cm³/mol. The van der Waals surface area contributed by atoms with Crippen LogP contribution in [0.2, 0.25) is 0 Å². The van der Waals surface area contributed by atoms with Crippen LogP contribution in [-0.4, -0.2) is 92.4 Å². The normalized spacial score (nSPS) is 33.7. The van der Waals surface area contributed by atoms with Gasteiger partial charge in [-0.1, -0.05) is 87.5 Å². The third-order valence-corrected chi connectivity index (χ3v) is 13.0. The first-order chi connectivity index (χ1) is 26.9. The number of hydrogen-bond donors (Lipinski definition) is 5. The van der Waals surface area contributed by atoms with Gasteiger partial charge in [0, 0.05) is 28.7 Å². The van der Waals surface area contributed by atoms with Gasteiger partial charge in [0.1, 0.15) is 23.9 Å². The van der Waals surface area contributed by atoms with Crippen LogP contribution in [0.15, 0.2) is 102 Å². The summed E-state index contributed by atoms with van der Waals surface area (Å²) in [5.41, 5.74) is -2.23. The number of amides is 1. The SMILES string of the molecule is CC1=C2[C@H]3OC(C)(C)O[C@@H]3[C@]3(C)CC[C@H](O)[C@@H](O)[C@H]3[C@H](OC(=O)c3ccccc3)[C@](O)(C[C@@H]1OC(=O)[C@H](O)[C@@H](NC(=O)c1ccccc1)c1ccccc1)C2(C)C. The average molecular weight is 784 g/mol. The molecular weight excluding hydrogens is 730 g/mol. The number of hydrogen-bond acceptors (Lipinski definition) is 11. The molecule has 4 aliphatic rings. The van der Waals surface area contributed by atoms with E-state index in [1.165, 1.54) is 0 Å². The molecule has 12 nitrogen and oxygen atoms in total. The van der Waals surface area contributed by atoms with Gasteiger partial charge in [-0.3, -0.25) is 4.79 Å². The molecule has 1 saturated heterocycles. The van der Waals surface area contributed by atoms with Gasteiger partial charge in [-0.15, -0.1) is 0 Å². The Bertz CT molecular complexity index is 2000. The summed E-state index contributed by atoms with van der Waals surface area (Å²) in [5.74, 6) is -4.56. The lowest BCUT2D eigenvalue weighted by Gasteiger charge is -2.62. The van der Waals surface area contributed by atoms with E-state index in [2.05, 4.69) is 5.32 Å². The third-order valence-electron chi connectivity index (χ3n) is 13.0. The third kappa shape index (κ3) is 7.10. The number of esters is 2. The van der Waals surface area contributed by atoms with Crippen molar-refractivity contribution >= 4 is 17.8 Å². The lowest BCUT2D eigenvalue weighted by molar-refractivity contribution is -0.253. The van der Waals surface area contributed by atoms with Gasteiger partial charge in [0.25, 0.3) is 5.91 Å². The van der Waals surface area contributed by atoms with E-state index in [0.717, 1.165) is 0 Å². The largest absolute Gasteiger partial charge is 0.456 e. The number of benzene rings is 3. The Kier molecular flexibility index (Phi) is 10.8. The van der Waals surface area contributed by atoms with Gasteiger partial charge >= 0.3 is 11.9 Å². The minimum absolute atomic E-state index is 0.214. The van der Waals surface area contributed by atoms with Crippen LogP contribution in [0.25, 0.3) is 0 Å². The molecule has 3 aromatic carbocycles. The minimum Gasteiger partial charge on any atom is -0.456 e. The maximum Gasteiger partial charge on any atom is 0.338 e. The Balaban J connectivity index is 1.33. The van der Waals surface area contributed by atoms with Crippen molar-refractivity contribution in [1.29, 1.82) is 0 Å². The van der Waals surface area contributed by atoms with Crippen LogP contribution < -0.4 is 5.32 Å². The zero-order chi connectivity index (χ0) is 41.1. The maximum atomic E-state index is 14.2. The summed E-state index contributed by atoms with van der Waals surface area (Å²) in [4.78, 5) is 41.6. The van der Waals surface area contributed by atoms with Gasteiger partial charge in [-0.2, -0.15) is 0 Å². The summed E-state index contributed by atoms with van der Waals surface area (Å²) in [5, 5.41) is 51.2. The fourth-order valence-corrected chi connectivity index (χ4v) is 9.90. The van der Waals surface area contributed by atoms with Crippen molar-refractivity contribution < 1.29 is 53.8 Å². The molecule has 304 valence electrons. The first kappa shape index (κ1) is 40.8. The van der Waals surface area contributed by atoms with E-state index in [4.69, 9.17) is 18.9 Å². The summed E-state index contributed by atoms with van der Waals surface area (Å²) in [6.07, 6.45) is -8.56. The van der Waals surface area contributed by atoms with E-state index in [1.54, 1.807) is 126 Å². The molecule has 1 amide bonds. The Morgan fingerprint density at radius 3 is 2.02 bits per heavy atom. The topological polar surface area (TPSA) is 181 Å². The molecule has 0 radical (unpaired) electrons. The summed E-state index contributed by atoms with van der Waals surface area (Å²) in [6, 6.07) is 24.0. The molecule has 0 aromatic heterocycles. The molecule has 2 bridgehead atoms. The number of carbonyl (C=O) groups is 3. The van der Waals surface area contributed by atoms with Gasteiger partial charge in [0.15, 0.2) is 11.9 Å². The first-order valence-corrected chi connectivity index (χ1v) is 19.6. The minimum atomic E-state index is -2.06. The highest BCUT2D eigenvalue weighted by Crippen LogP contribution is 2.63. The monoisotopic (exact) mass is 783 g/mol. The van der Waals surface area contributed by atoms with E-state index >= 15 is 0 Å². The quantitative estimate of drug-likeness (QED) is 0.156.